The highest BCUT2D eigenvalue weighted by Gasteiger charge is 2.32. The Labute approximate surface area is 243 Å². The lowest BCUT2D eigenvalue weighted by Crippen LogP contribution is -2.44. The molecule has 0 spiro atoms. The van der Waals surface area contributed by atoms with Crippen LogP contribution in [0.2, 0.25) is 0 Å². The molecule has 5 nitrogen and oxygen atoms in total. The van der Waals surface area contributed by atoms with Gasteiger partial charge in [-0.3, -0.25) is 4.79 Å². The van der Waals surface area contributed by atoms with Gasteiger partial charge in [-0.05, 0) is 81.8 Å². The lowest BCUT2D eigenvalue weighted by atomic mass is 9.86. The number of nitrogens with zero attached hydrogens (tertiary/aromatic N) is 3. The quantitative estimate of drug-likeness (QED) is 0.286. The van der Waals surface area contributed by atoms with Crippen molar-refractivity contribution in [2.24, 2.45) is 0 Å². The van der Waals surface area contributed by atoms with Crippen LogP contribution >= 0.6 is 39.0 Å². The minimum atomic E-state index is -4.36. The van der Waals surface area contributed by atoms with Crippen molar-refractivity contribution >= 4 is 56.3 Å². The number of thioether (sulfide) groups is 1. The van der Waals surface area contributed by atoms with Gasteiger partial charge in [-0.2, -0.15) is 13.2 Å². The summed E-state index contributed by atoms with van der Waals surface area (Å²) >= 11 is 5.07. The largest absolute Gasteiger partial charge is 0.446 e. The number of alkyl halides is 3. The molecule has 0 aliphatic carbocycles. The van der Waals surface area contributed by atoms with Crippen LogP contribution in [0.15, 0.2) is 51.1 Å². The Morgan fingerprint density at radius 3 is 2.56 bits per heavy atom. The summed E-state index contributed by atoms with van der Waals surface area (Å²) in [5.74, 6) is 0.315. The van der Waals surface area contributed by atoms with Gasteiger partial charge in [0.1, 0.15) is 0 Å². The molecule has 11 heteroatoms. The van der Waals surface area contributed by atoms with E-state index in [4.69, 9.17) is 4.98 Å². The van der Waals surface area contributed by atoms with Crippen molar-refractivity contribution in [2.45, 2.75) is 55.3 Å². The van der Waals surface area contributed by atoms with E-state index in [1.165, 1.54) is 11.3 Å². The zero-order valence-corrected chi connectivity index (χ0v) is 25.2. The second-order valence-electron chi connectivity index (χ2n) is 10.9. The number of carbonyl (C=O) groups excluding carboxylic acids is 1. The fourth-order valence-electron chi connectivity index (χ4n) is 4.98. The lowest BCUT2D eigenvalue weighted by molar-refractivity contribution is -0.130. The molecule has 3 heterocycles. The van der Waals surface area contributed by atoms with Crippen molar-refractivity contribution < 1.29 is 18.0 Å². The Morgan fingerprint density at radius 1 is 1.15 bits per heavy atom. The van der Waals surface area contributed by atoms with Gasteiger partial charge >= 0.3 is 5.51 Å². The average Bonchev–Trinajstić information content (AvgIpc) is 3.46. The van der Waals surface area contributed by atoms with E-state index in [9.17, 15) is 18.0 Å². The number of amides is 1. The number of halogens is 4. The summed E-state index contributed by atoms with van der Waals surface area (Å²) in [5, 5.41) is 4.27. The Hall–Kier alpha value is -2.24. The molecule has 0 bridgehead atoms. The Bertz CT molecular complexity index is 1360. The molecule has 39 heavy (non-hydrogen) atoms. The number of fused-ring (bicyclic) bond motifs is 1. The molecule has 1 aromatic heterocycles. The molecule has 0 unspecified atom stereocenters. The van der Waals surface area contributed by atoms with Crippen LogP contribution in [0.1, 0.15) is 50.1 Å². The van der Waals surface area contributed by atoms with Crippen LogP contribution in [-0.4, -0.2) is 47.6 Å². The summed E-state index contributed by atoms with van der Waals surface area (Å²) < 4.78 is 40.4. The van der Waals surface area contributed by atoms with E-state index >= 15 is 0 Å². The first kappa shape index (κ1) is 28.3. The molecule has 2 aliphatic heterocycles. The molecule has 5 rings (SSSR count). The van der Waals surface area contributed by atoms with Crippen LogP contribution in [0.3, 0.4) is 0 Å². The van der Waals surface area contributed by atoms with Crippen LogP contribution in [0, 0.1) is 0 Å². The van der Waals surface area contributed by atoms with Crippen molar-refractivity contribution in [3.63, 3.8) is 0 Å². The van der Waals surface area contributed by atoms with Crippen molar-refractivity contribution in [1.82, 2.24) is 9.88 Å². The summed E-state index contributed by atoms with van der Waals surface area (Å²) in [6, 6.07) is 13.1. The predicted molar refractivity (Wildman–Crippen MR) is 157 cm³/mol. The number of anilines is 2. The third kappa shape index (κ3) is 6.57. The second-order valence-corrected chi connectivity index (χ2v) is 14.4. The summed E-state index contributed by atoms with van der Waals surface area (Å²) in [6.07, 6.45) is 1.61. The summed E-state index contributed by atoms with van der Waals surface area (Å²) in [5.41, 5.74) is -0.400. The molecule has 1 fully saturated rings. The predicted octanol–water partition coefficient (Wildman–Crippen LogP) is 8.08. The van der Waals surface area contributed by atoms with E-state index < -0.39 is 5.51 Å². The molecule has 2 aromatic carbocycles. The number of piperidine rings is 1. The fraction of sp³-hybridized carbons (Fsp3) is 0.429. The number of rotatable bonds is 5. The molecule has 0 radical (unpaired) electrons. The SMILES string of the molecule is CC(C)(C)c1cc(SC(F)(F)F)cc(-c2nc(C3CCN(C(=O)CN4CNc5ccccc54)CC3)sc2Br)c1. The zero-order valence-electron chi connectivity index (χ0n) is 21.9. The number of thiazole rings is 1. The average molecular weight is 640 g/mol. The van der Waals surface area contributed by atoms with E-state index in [-0.39, 0.29) is 33.9 Å². The van der Waals surface area contributed by atoms with E-state index in [2.05, 4.69) is 26.1 Å². The summed E-state index contributed by atoms with van der Waals surface area (Å²) in [4.78, 5) is 22.1. The van der Waals surface area contributed by atoms with Gasteiger partial charge in [-0.15, -0.1) is 11.3 Å². The van der Waals surface area contributed by atoms with Gasteiger partial charge in [0.05, 0.1) is 39.1 Å². The van der Waals surface area contributed by atoms with Crippen LogP contribution in [0.5, 0.6) is 0 Å². The van der Waals surface area contributed by atoms with Crippen molar-refractivity contribution in [3.8, 4) is 11.3 Å². The van der Waals surface area contributed by atoms with Gasteiger partial charge in [0.25, 0.3) is 0 Å². The van der Waals surface area contributed by atoms with Crippen LogP contribution in [-0.2, 0) is 10.2 Å². The van der Waals surface area contributed by atoms with Crippen molar-refractivity contribution in [3.05, 3.63) is 56.8 Å². The monoisotopic (exact) mass is 638 g/mol. The Kier molecular flexibility index (Phi) is 7.96. The van der Waals surface area contributed by atoms with Gasteiger partial charge in [0.15, 0.2) is 0 Å². The maximum absolute atomic E-state index is 13.2. The number of nitrogens with one attached hydrogen (secondary N) is 1. The number of para-hydroxylation sites is 2. The second kappa shape index (κ2) is 11.0. The van der Waals surface area contributed by atoms with Crippen molar-refractivity contribution in [2.75, 3.05) is 36.5 Å². The first-order valence-corrected chi connectivity index (χ1v) is 15.2. The highest BCUT2D eigenvalue weighted by Crippen LogP contribution is 2.44. The maximum Gasteiger partial charge on any atom is 0.446 e. The smallest absolute Gasteiger partial charge is 0.366 e. The fourth-order valence-corrected chi connectivity index (χ4v) is 7.41. The third-order valence-electron chi connectivity index (χ3n) is 7.11. The number of hydrogen-bond donors (Lipinski definition) is 1. The van der Waals surface area contributed by atoms with Crippen LogP contribution < -0.4 is 10.2 Å². The number of likely N-dealkylation sites (tertiary alicyclic amines) is 1. The number of hydrogen-bond acceptors (Lipinski definition) is 6. The van der Waals surface area contributed by atoms with Gasteiger partial charge in [-0.1, -0.05) is 32.9 Å². The van der Waals surface area contributed by atoms with E-state index in [1.807, 2.05) is 56.0 Å². The maximum atomic E-state index is 13.2. The molecular weight excluding hydrogens is 609 g/mol. The molecular formula is C28H30BrF3N4OS2. The molecule has 1 N–H and O–H groups in total. The molecule has 208 valence electrons. The third-order valence-corrected chi connectivity index (χ3v) is 9.68. The minimum absolute atomic E-state index is 0.0936. The van der Waals surface area contributed by atoms with Gasteiger partial charge in [0, 0.05) is 29.5 Å². The normalized spacial score (nSPS) is 16.4. The first-order valence-electron chi connectivity index (χ1n) is 12.8. The van der Waals surface area contributed by atoms with Gasteiger partial charge < -0.3 is 15.1 Å². The highest BCUT2D eigenvalue weighted by atomic mass is 79.9. The summed E-state index contributed by atoms with van der Waals surface area (Å²) in [7, 11) is 0. The molecule has 2 aliphatic rings. The molecule has 1 amide bonds. The number of carbonyl (C=O) groups is 1. The molecule has 0 saturated carbocycles. The first-order chi connectivity index (χ1) is 18.4. The van der Waals surface area contributed by atoms with Crippen molar-refractivity contribution in [1.29, 1.82) is 0 Å². The van der Waals surface area contributed by atoms with Gasteiger partial charge in [0.2, 0.25) is 5.91 Å². The Morgan fingerprint density at radius 2 is 1.87 bits per heavy atom. The lowest BCUT2D eigenvalue weighted by Gasteiger charge is -2.32. The van der Waals surface area contributed by atoms with E-state index in [1.54, 1.807) is 12.1 Å². The summed E-state index contributed by atoms with van der Waals surface area (Å²) in [6.45, 7) is 8.24. The molecule has 0 atom stereocenters. The Balaban J connectivity index is 1.28. The van der Waals surface area contributed by atoms with Crippen LogP contribution in [0.25, 0.3) is 11.3 Å². The van der Waals surface area contributed by atoms with Crippen LogP contribution in [0.4, 0.5) is 24.5 Å². The molecule has 3 aromatic rings. The minimum Gasteiger partial charge on any atom is -0.366 e. The highest BCUT2D eigenvalue weighted by molar-refractivity contribution is 9.11. The number of benzene rings is 2. The topological polar surface area (TPSA) is 48.5 Å². The standard InChI is InChI=1S/C28H30BrF3N4OS2/c1-27(2,3)19-12-18(13-20(14-19)39-28(30,31)32)24-25(29)38-26(34-24)17-8-10-35(11-9-17)23(37)15-36-16-33-21-6-4-5-7-22(21)36/h4-7,12-14,17,33H,8-11,15-16H2,1-3H3. The number of aromatic nitrogens is 1. The molecule has 1 saturated heterocycles. The zero-order chi connectivity index (χ0) is 27.9. The van der Waals surface area contributed by atoms with E-state index in [0.29, 0.717) is 37.6 Å². The van der Waals surface area contributed by atoms with E-state index in [0.717, 1.165) is 38.6 Å². The van der Waals surface area contributed by atoms with Gasteiger partial charge in [-0.25, -0.2) is 4.98 Å².